The van der Waals surface area contributed by atoms with Crippen LogP contribution in [-0.2, 0) is 16.0 Å². The first kappa shape index (κ1) is 28.7. The molecule has 0 aromatic heterocycles. The van der Waals surface area contributed by atoms with E-state index in [4.69, 9.17) is 14.2 Å². The van der Waals surface area contributed by atoms with Gasteiger partial charge in [-0.3, -0.25) is 0 Å². The van der Waals surface area contributed by atoms with Gasteiger partial charge in [0.05, 0.1) is 6.54 Å². The summed E-state index contributed by atoms with van der Waals surface area (Å²) in [5.41, 5.74) is 0.852. The van der Waals surface area contributed by atoms with Gasteiger partial charge in [-0.15, -0.1) is 0 Å². The Morgan fingerprint density at radius 2 is 1.57 bits per heavy atom. The van der Waals surface area contributed by atoms with Crippen LogP contribution in [0.4, 0.5) is 4.79 Å². The summed E-state index contributed by atoms with van der Waals surface area (Å²) in [7, 11) is 0. The van der Waals surface area contributed by atoms with Crippen molar-refractivity contribution in [3.05, 3.63) is 58.6 Å². The molecule has 1 unspecified atom stereocenters. The second-order valence-electron chi connectivity index (χ2n) is 8.20. The average molecular weight is 550 g/mol. The zero-order valence-corrected chi connectivity index (χ0v) is 22.2. The van der Waals surface area contributed by atoms with E-state index in [0.29, 0.717) is 37.8 Å². The molecular weight excluding hydrogens is 514 g/mol. The molecule has 0 fully saturated rings. The summed E-state index contributed by atoms with van der Waals surface area (Å²) >= 11 is 3.38. The first-order chi connectivity index (χ1) is 16.9. The summed E-state index contributed by atoms with van der Waals surface area (Å²) in [5.74, 6) is 0.176. The van der Waals surface area contributed by atoms with Crippen LogP contribution in [0.5, 0.6) is 11.5 Å². The molecule has 8 heteroatoms. The molecule has 0 saturated heterocycles. The van der Waals surface area contributed by atoms with Crippen molar-refractivity contribution in [2.45, 2.75) is 58.5 Å². The van der Waals surface area contributed by atoms with Gasteiger partial charge in [0.1, 0.15) is 18.1 Å². The molecule has 0 aliphatic rings. The van der Waals surface area contributed by atoms with Gasteiger partial charge in [0.2, 0.25) is 0 Å². The number of halogens is 1. The number of carboxylic acids is 1. The lowest BCUT2D eigenvalue weighted by molar-refractivity contribution is -0.149. The summed E-state index contributed by atoms with van der Waals surface area (Å²) in [4.78, 5) is 25.8. The first-order valence-corrected chi connectivity index (χ1v) is 13.0. The van der Waals surface area contributed by atoms with Gasteiger partial charge in [0, 0.05) is 24.0 Å². The van der Waals surface area contributed by atoms with Gasteiger partial charge in [-0.25, -0.2) is 9.59 Å². The molecule has 1 amide bonds. The van der Waals surface area contributed by atoms with Crippen molar-refractivity contribution >= 4 is 28.0 Å². The minimum Gasteiger partial charge on any atom is -0.492 e. The van der Waals surface area contributed by atoms with Crippen LogP contribution in [-0.4, -0.2) is 54.5 Å². The van der Waals surface area contributed by atoms with E-state index in [1.165, 1.54) is 12.8 Å². The first-order valence-electron chi connectivity index (χ1n) is 12.2. The number of rotatable bonds is 16. The highest BCUT2D eigenvalue weighted by Gasteiger charge is 2.18. The van der Waals surface area contributed by atoms with Gasteiger partial charge in [-0.2, -0.15) is 0 Å². The van der Waals surface area contributed by atoms with E-state index >= 15 is 0 Å². The molecule has 0 spiro atoms. The zero-order chi connectivity index (χ0) is 25.5. The SMILES string of the molecule is CCCCCCCN(CCOc1ccc(CC(OCC)C(=O)O)cc1)C(=O)Oc1ccc(Br)cc1. The lowest BCUT2D eigenvalue weighted by Crippen LogP contribution is -2.37. The number of benzene rings is 2. The maximum absolute atomic E-state index is 12.8. The fourth-order valence-electron chi connectivity index (χ4n) is 3.50. The molecule has 0 aliphatic heterocycles. The smallest absolute Gasteiger partial charge is 0.415 e. The molecule has 0 heterocycles. The van der Waals surface area contributed by atoms with Gasteiger partial charge >= 0.3 is 12.1 Å². The number of aliphatic carboxylic acids is 1. The van der Waals surface area contributed by atoms with Gasteiger partial charge in [0.15, 0.2) is 6.10 Å². The molecule has 1 N–H and O–H groups in total. The molecule has 1 atom stereocenters. The molecular formula is C27H36BrNO6. The van der Waals surface area contributed by atoms with Gasteiger partial charge in [-0.1, -0.05) is 60.7 Å². The largest absolute Gasteiger partial charge is 0.492 e. The summed E-state index contributed by atoms with van der Waals surface area (Å²) in [6, 6.07) is 14.4. The monoisotopic (exact) mass is 549 g/mol. The molecule has 7 nitrogen and oxygen atoms in total. The van der Waals surface area contributed by atoms with Crippen LogP contribution in [0, 0.1) is 0 Å². The van der Waals surface area contributed by atoms with Crippen molar-refractivity contribution in [1.82, 2.24) is 4.90 Å². The maximum atomic E-state index is 12.8. The molecule has 0 saturated carbocycles. The predicted molar refractivity (Wildman–Crippen MR) is 139 cm³/mol. The third kappa shape index (κ3) is 11.1. The topological polar surface area (TPSA) is 85.3 Å². The molecule has 192 valence electrons. The second kappa shape index (κ2) is 16.2. The Balaban J connectivity index is 1.89. The lowest BCUT2D eigenvalue weighted by Gasteiger charge is -2.22. The van der Waals surface area contributed by atoms with Crippen LogP contribution in [0.1, 0.15) is 51.5 Å². The number of amides is 1. The number of carboxylic acid groups (broad SMARTS) is 1. The number of hydrogen-bond acceptors (Lipinski definition) is 5. The number of carbonyl (C=O) groups is 2. The van der Waals surface area contributed by atoms with E-state index in [1.54, 1.807) is 36.1 Å². The molecule has 0 radical (unpaired) electrons. The highest BCUT2D eigenvalue weighted by molar-refractivity contribution is 9.10. The standard InChI is InChI=1S/C27H36BrNO6/c1-3-5-6-7-8-17-29(27(32)35-24-15-11-22(28)12-16-24)18-19-34-23-13-9-21(10-14-23)20-25(26(30)31)33-4-2/h9-16,25H,3-8,17-20H2,1-2H3,(H,30,31). The Morgan fingerprint density at radius 1 is 0.914 bits per heavy atom. The Hall–Kier alpha value is -2.58. The van der Waals surface area contributed by atoms with Crippen molar-refractivity contribution in [3.8, 4) is 11.5 Å². The minimum absolute atomic E-state index is 0.289. The van der Waals surface area contributed by atoms with E-state index in [-0.39, 0.29) is 6.42 Å². The second-order valence-corrected chi connectivity index (χ2v) is 9.12. The fraction of sp³-hybridized carbons (Fsp3) is 0.481. The maximum Gasteiger partial charge on any atom is 0.415 e. The number of ether oxygens (including phenoxy) is 3. The van der Waals surface area contributed by atoms with Gasteiger partial charge in [0.25, 0.3) is 0 Å². The lowest BCUT2D eigenvalue weighted by atomic mass is 10.1. The predicted octanol–water partition coefficient (Wildman–Crippen LogP) is 6.33. The van der Waals surface area contributed by atoms with Gasteiger partial charge < -0.3 is 24.2 Å². The van der Waals surface area contributed by atoms with Crippen molar-refractivity contribution < 1.29 is 28.9 Å². The molecule has 2 aromatic rings. The van der Waals surface area contributed by atoms with Crippen LogP contribution in [0.2, 0.25) is 0 Å². The van der Waals surface area contributed by atoms with Gasteiger partial charge in [-0.05, 0) is 55.3 Å². The summed E-state index contributed by atoms with van der Waals surface area (Å²) in [5, 5.41) is 9.25. The van der Waals surface area contributed by atoms with Crippen LogP contribution in [0.15, 0.2) is 53.0 Å². The van der Waals surface area contributed by atoms with Crippen molar-refractivity contribution in [2.75, 3.05) is 26.3 Å². The highest BCUT2D eigenvalue weighted by Crippen LogP contribution is 2.18. The third-order valence-electron chi connectivity index (χ3n) is 5.43. The van der Waals surface area contributed by atoms with E-state index in [0.717, 1.165) is 29.3 Å². The van der Waals surface area contributed by atoms with Crippen molar-refractivity contribution in [2.24, 2.45) is 0 Å². The number of nitrogens with zero attached hydrogens (tertiary/aromatic N) is 1. The quantitative estimate of drug-likeness (QED) is 0.246. The Labute approximate surface area is 216 Å². The van der Waals surface area contributed by atoms with Crippen LogP contribution < -0.4 is 9.47 Å². The van der Waals surface area contributed by atoms with E-state index in [2.05, 4.69) is 22.9 Å². The van der Waals surface area contributed by atoms with Crippen LogP contribution in [0.25, 0.3) is 0 Å². The average Bonchev–Trinajstić information content (AvgIpc) is 2.84. The molecule has 35 heavy (non-hydrogen) atoms. The fourth-order valence-corrected chi connectivity index (χ4v) is 3.76. The number of hydrogen-bond donors (Lipinski definition) is 1. The van der Waals surface area contributed by atoms with E-state index in [9.17, 15) is 14.7 Å². The third-order valence-corrected chi connectivity index (χ3v) is 5.95. The van der Waals surface area contributed by atoms with E-state index in [1.807, 2.05) is 24.3 Å². The molecule has 0 bridgehead atoms. The molecule has 0 aliphatic carbocycles. The normalized spacial score (nSPS) is 11.6. The zero-order valence-electron chi connectivity index (χ0n) is 20.6. The summed E-state index contributed by atoms with van der Waals surface area (Å²) in [6.45, 7) is 5.62. The van der Waals surface area contributed by atoms with E-state index < -0.39 is 18.2 Å². The summed E-state index contributed by atoms with van der Waals surface area (Å²) in [6.07, 6.45) is 4.53. The number of unbranched alkanes of at least 4 members (excludes halogenated alkanes) is 4. The Morgan fingerprint density at radius 3 is 2.20 bits per heavy atom. The van der Waals surface area contributed by atoms with Crippen molar-refractivity contribution in [1.29, 1.82) is 0 Å². The van der Waals surface area contributed by atoms with Crippen LogP contribution in [0.3, 0.4) is 0 Å². The Bertz CT molecular complexity index is 888. The van der Waals surface area contributed by atoms with Crippen molar-refractivity contribution in [3.63, 3.8) is 0 Å². The minimum atomic E-state index is -0.975. The van der Waals surface area contributed by atoms with Crippen LogP contribution >= 0.6 is 15.9 Å². The Kier molecular flexibility index (Phi) is 13.2. The number of carbonyl (C=O) groups excluding carboxylic acids is 1. The molecule has 2 rings (SSSR count). The molecule has 2 aromatic carbocycles. The highest BCUT2D eigenvalue weighted by atomic mass is 79.9. The summed E-state index contributed by atoms with van der Waals surface area (Å²) < 4.78 is 17.6.